The summed E-state index contributed by atoms with van der Waals surface area (Å²) in [5, 5.41) is 11.7. The monoisotopic (exact) mass is 371 g/mol. The quantitative estimate of drug-likeness (QED) is 0.881. The van der Waals surface area contributed by atoms with Gasteiger partial charge in [-0.3, -0.25) is 9.59 Å². The van der Waals surface area contributed by atoms with Gasteiger partial charge in [0.2, 0.25) is 0 Å². The molecule has 0 spiro atoms. The van der Waals surface area contributed by atoms with Crippen LogP contribution in [0.5, 0.6) is 0 Å². The highest BCUT2D eigenvalue weighted by molar-refractivity contribution is 6.31. The van der Waals surface area contributed by atoms with Crippen molar-refractivity contribution in [3.05, 3.63) is 64.7 Å². The maximum absolute atomic E-state index is 13.1. The van der Waals surface area contributed by atoms with Crippen LogP contribution in [0.2, 0.25) is 5.02 Å². The van der Waals surface area contributed by atoms with Crippen molar-refractivity contribution in [1.82, 2.24) is 0 Å². The van der Waals surface area contributed by atoms with Crippen LogP contribution in [0.25, 0.3) is 0 Å². The Bertz CT molecular complexity index is 857. The average molecular weight is 372 g/mol. The lowest BCUT2D eigenvalue weighted by molar-refractivity contribution is -0.144. The third-order valence-electron chi connectivity index (χ3n) is 4.73. The van der Waals surface area contributed by atoms with E-state index in [4.69, 9.17) is 11.6 Å². The Kier molecular flexibility index (Phi) is 4.67. The van der Waals surface area contributed by atoms with E-state index >= 15 is 0 Å². The highest BCUT2D eigenvalue weighted by Crippen LogP contribution is 2.45. The summed E-state index contributed by atoms with van der Waals surface area (Å²) in [6.45, 7) is 5.65. The number of fused-ring (bicyclic) bond motifs is 1. The lowest BCUT2D eigenvalue weighted by Gasteiger charge is -2.26. The van der Waals surface area contributed by atoms with Crippen molar-refractivity contribution in [2.75, 3.05) is 4.90 Å². The van der Waals surface area contributed by atoms with Gasteiger partial charge in [-0.15, -0.1) is 0 Å². The normalized spacial score (nSPS) is 19.6. The van der Waals surface area contributed by atoms with Crippen molar-refractivity contribution >= 4 is 29.0 Å². The number of hydrogen-bond acceptors (Lipinski definition) is 3. The summed E-state index contributed by atoms with van der Waals surface area (Å²) >= 11 is 6.11. The summed E-state index contributed by atoms with van der Waals surface area (Å²) < 4.78 is 0. The highest BCUT2D eigenvalue weighted by atomic mass is 35.5. The molecule has 0 saturated carbocycles. The number of rotatable bonds is 4. The molecule has 0 aliphatic carbocycles. The first kappa shape index (κ1) is 18.6. The average Bonchev–Trinajstić information content (AvgIpc) is 2.77. The van der Waals surface area contributed by atoms with Gasteiger partial charge in [0, 0.05) is 22.4 Å². The van der Waals surface area contributed by atoms with Crippen molar-refractivity contribution < 1.29 is 14.7 Å². The number of nitrogens with zero attached hydrogens (tertiary/aromatic N) is 1. The minimum Gasteiger partial charge on any atom is -0.375 e. The molecule has 2 aromatic carbocycles. The Balaban J connectivity index is 2.03. The molecule has 4 nitrogen and oxygen atoms in total. The van der Waals surface area contributed by atoms with Crippen molar-refractivity contribution in [3.8, 4) is 0 Å². The summed E-state index contributed by atoms with van der Waals surface area (Å²) in [7, 11) is 0. The standard InChI is InChI=1S/C21H22ClNO3/c1-20(2,3)18(24)12-21(26)16-11-15(22)9-10-17(16)23(19(21)25)13-14-7-5-4-6-8-14/h4-11,26H,12-13H2,1-3H3/t21-/m0/s1. The molecule has 136 valence electrons. The second-order valence-corrected chi connectivity index (χ2v) is 8.19. The minimum atomic E-state index is -1.89. The fraction of sp³-hybridized carbons (Fsp3) is 0.333. The molecule has 5 heteroatoms. The highest BCUT2D eigenvalue weighted by Gasteiger charge is 2.51. The lowest BCUT2D eigenvalue weighted by Crippen LogP contribution is -2.43. The molecule has 0 fully saturated rings. The van der Waals surface area contributed by atoms with Crippen LogP contribution < -0.4 is 4.90 Å². The molecule has 26 heavy (non-hydrogen) atoms. The molecule has 1 aliphatic rings. The van der Waals surface area contributed by atoms with E-state index in [9.17, 15) is 14.7 Å². The van der Waals surface area contributed by atoms with Gasteiger partial charge in [0.1, 0.15) is 5.78 Å². The second-order valence-electron chi connectivity index (χ2n) is 7.75. The number of carbonyl (C=O) groups excluding carboxylic acids is 2. The molecule has 2 aromatic rings. The smallest absolute Gasteiger partial charge is 0.264 e. The number of amides is 1. The van der Waals surface area contributed by atoms with E-state index in [1.54, 1.807) is 39.0 Å². The summed E-state index contributed by atoms with van der Waals surface area (Å²) in [6.07, 6.45) is -0.270. The fourth-order valence-corrected chi connectivity index (χ4v) is 3.29. The maximum Gasteiger partial charge on any atom is 0.264 e. The molecule has 1 amide bonds. The SMILES string of the molecule is CC(C)(C)C(=O)C[C@@]1(O)C(=O)N(Cc2ccccc2)c2ccc(Cl)cc21. The van der Waals surface area contributed by atoms with E-state index in [0.29, 0.717) is 22.8 Å². The first-order chi connectivity index (χ1) is 12.1. The summed E-state index contributed by atoms with van der Waals surface area (Å²) in [5.41, 5.74) is -0.620. The van der Waals surface area contributed by atoms with Gasteiger partial charge in [0.15, 0.2) is 5.60 Å². The van der Waals surface area contributed by atoms with Gasteiger partial charge in [0.25, 0.3) is 5.91 Å². The summed E-state index contributed by atoms with van der Waals surface area (Å²) in [6, 6.07) is 14.5. The second kappa shape index (κ2) is 6.53. The number of hydrogen-bond donors (Lipinski definition) is 1. The topological polar surface area (TPSA) is 57.6 Å². The van der Waals surface area contributed by atoms with Crippen LogP contribution >= 0.6 is 11.6 Å². The molecule has 1 aliphatic heterocycles. The largest absolute Gasteiger partial charge is 0.375 e. The zero-order valence-electron chi connectivity index (χ0n) is 15.1. The molecular formula is C21H22ClNO3. The van der Waals surface area contributed by atoms with Gasteiger partial charge in [-0.05, 0) is 23.8 Å². The molecule has 0 radical (unpaired) electrons. The molecule has 0 aromatic heterocycles. The maximum atomic E-state index is 13.1. The molecule has 1 atom stereocenters. The Morgan fingerprint density at radius 3 is 2.42 bits per heavy atom. The summed E-state index contributed by atoms with van der Waals surface area (Å²) in [4.78, 5) is 27.2. The van der Waals surface area contributed by atoms with Crippen LogP contribution in [-0.2, 0) is 21.7 Å². The molecule has 0 saturated heterocycles. The number of benzene rings is 2. The Morgan fingerprint density at radius 1 is 1.15 bits per heavy atom. The van der Waals surface area contributed by atoms with Crippen LogP contribution in [0.3, 0.4) is 0 Å². The third-order valence-corrected chi connectivity index (χ3v) is 4.97. The zero-order valence-corrected chi connectivity index (χ0v) is 15.9. The minimum absolute atomic E-state index is 0.180. The first-order valence-electron chi connectivity index (χ1n) is 8.54. The predicted octanol–water partition coefficient (Wildman–Crippen LogP) is 4.08. The van der Waals surface area contributed by atoms with Crippen molar-refractivity contribution in [2.24, 2.45) is 5.41 Å². The predicted molar refractivity (Wildman–Crippen MR) is 102 cm³/mol. The van der Waals surface area contributed by atoms with E-state index in [0.717, 1.165) is 5.56 Å². The number of ketones is 1. The van der Waals surface area contributed by atoms with Crippen LogP contribution in [0.15, 0.2) is 48.5 Å². The van der Waals surface area contributed by atoms with Gasteiger partial charge in [-0.2, -0.15) is 0 Å². The third kappa shape index (κ3) is 3.27. The van der Waals surface area contributed by atoms with Gasteiger partial charge in [-0.1, -0.05) is 62.7 Å². The van der Waals surface area contributed by atoms with E-state index in [1.807, 2.05) is 30.3 Å². The number of Topliss-reactive ketones (excluding diaryl/α,β-unsaturated/α-hetero) is 1. The van der Waals surface area contributed by atoms with E-state index in [1.165, 1.54) is 4.90 Å². The van der Waals surface area contributed by atoms with Gasteiger partial charge >= 0.3 is 0 Å². The van der Waals surface area contributed by atoms with Crippen LogP contribution in [0, 0.1) is 5.41 Å². The van der Waals surface area contributed by atoms with Crippen LogP contribution in [-0.4, -0.2) is 16.8 Å². The molecule has 1 heterocycles. The van der Waals surface area contributed by atoms with Crippen molar-refractivity contribution in [2.45, 2.75) is 39.3 Å². The molecular weight excluding hydrogens is 350 g/mol. The first-order valence-corrected chi connectivity index (χ1v) is 8.92. The summed E-state index contributed by atoms with van der Waals surface area (Å²) in [5.74, 6) is -0.669. The Morgan fingerprint density at radius 2 is 1.81 bits per heavy atom. The molecule has 1 N–H and O–H groups in total. The number of carbonyl (C=O) groups is 2. The van der Waals surface area contributed by atoms with Crippen molar-refractivity contribution in [3.63, 3.8) is 0 Å². The van der Waals surface area contributed by atoms with Crippen LogP contribution in [0.4, 0.5) is 5.69 Å². The van der Waals surface area contributed by atoms with E-state index < -0.39 is 16.9 Å². The van der Waals surface area contributed by atoms with Crippen LogP contribution in [0.1, 0.15) is 38.3 Å². The molecule has 3 rings (SSSR count). The Labute approximate surface area is 158 Å². The van der Waals surface area contributed by atoms with Crippen molar-refractivity contribution in [1.29, 1.82) is 0 Å². The number of anilines is 1. The fourth-order valence-electron chi connectivity index (χ4n) is 3.11. The number of halogens is 1. The zero-order chi connectivity index (χ0) is 19.1. The van der Waals surface area contributed by atoms with E-state index in [-0.39, 0.29) is 12.2 Å². The van der Waals surface area contributed by atoms with Gasteiger partial charge < -0.3 is 10.0 Å². The molecule has 0 unspecified atom stereocenters. The number of aliphatic hydroxyl groups is 1. The molecule has 0 bridgehead atoms. The van der Waals surface area contributed by atoms with E-state index in [2.05, 4.69) is 0 Å². The van der Waals surface area contributed by atoms with Gasteiger partial charge in [-0.25, -0.2) is 0 Å². The Hall–Kier alpha value is -2.17. The lowest BCUT2D eigenvalue weighted by atomic mass is 9.81. The van der Waals surface area contributed by atoms with Gasteiger partial charge in [0.05, 0.1) is 12.2 Å².